The van der Waals surface area contributed by atoms with Crippen molar-refractivity contribution in [2.45, 2.75) is 6.92 Å². The van der Waals surface area contributed by atoms with Crippen LogP contribution >= 0.6 is 0 Å². The average Bonchev–Trinajstić information content (AvgIpc) is 2.91. The first-order valence-corrected chi connectivity index (χ1v) is 7.64. The van der Waals surface area contributed by atoms with Gasteiger partial charge >= 0.3 is 5.97 Å². The topological polar surface area (TPSA) is 48.7 Å². The van der Waals surface area contributed by atoms with Gasteiger partial charge in [0.15, 0.2) is 0 Å². The number of benzene rings is 1. The molecular formula is C17H22INO4. The van der Waals surface area contributed by atoms with Crippen LogP contribution < -0.4 is 24.0 Å². The van der Waals surface area contributed by atoms with E-state index in [4.69, 9.17) is 13.9 Å². The van der Waals surface area contributed by atoms with Crippen LogP contribution in [0, 0.1) is 6.92 Å². The maximum atomic E-state index is 12.1. The summed E-state index contributed by atoms with van der Waals surface area (Å²) in [6.07, 6.45) is 0. The molecule has 3 rings (SSSR count). The molecule has 126 valence electrons. The smallest absolute Gasteiger partial charge is 0.374 e. The minimum atomic E-state index is -0.395. The molecule has 1 fully saturated rings. The van der Waals surface area contributed by atoms with Gasteiger partial charge in [0.05, 0.1) is 20.3 Å². The number of nitrogens with zero attached hydrogens (tertiary/aromatic N) is 1. The maximum absolute atomic E-state index is 12.1. The first kappa shape index (κ1) is 18.2. The average molecular weight is 431 g/mol. The van der Waals surface area contributed by atoms with Crippen molar-refractivity contribution in [1.29, 1.82) is 0 Å². The Morgan fingerprint density at radius 2 is 2.00 bits per heavy atom. The molecule has 0 unspecified atom stereocenters. The summed E-state index contributed by atoms with van der Waals surface area (Å²) < 4.78 is 17.2. The molecule has 1 aromatic heterocycles. The third-order valence-corrected chi connectivity index (χ3v) is 4.29. The van der Waals surface area contributed by atoms with E-state index in [9.17, 15) is 4.79 Å². The molecule has 0 spiro atoms. The van der Waals surface area contributed by atoms with Gasteiger partial charge in [0, 0.05) is 5.39 Å². The number of ether oxygens (including phenoxy) is 2. The first-order chi connectivity index (χ1) is 10.6. The summed E-state index contributed by atoms with van der Waals surface area (Å²) in [5.74, 6) is -0.126. The highest BCUT2D eigenvalue weighted by Crippen LogP contribution is 2.21. The minimum absolute atomic E-state index is 0. The second-order valence-electron chi connectivity index (χ2n) is 6.19. The minimum Gasteiger partial charge on any atom is -1.00 e. The number of aryl methyl sites for hydroxylation is 1. The third kappa shape index (κ3) is 4.45. The van der Waals surface area contributed by atoms with E-state index in [1.807, 2.05) is 25.1 Å². The van der Waals surface area contributed by atoms with Gasteiger partial charge in [-0.25, -0.2) is 4.79 Å². The lowest BCUT2D eigenvalue weighted by Gasteiger charge is -2.37. The summed E-state index contributed by atoms with van der Waals surface area (Å²) in [7, 11) is 2.17. The van der Waals surface area contributed by atoms with Crippen LogP contribution in [0.5, 0.6) is 0 Å². The SMILES string of the molecule is Cc1ccc2oc(C(=O)OCC[N+]3(C)CCOCC3)cc2c1.[I-]. The predicted molar refractivity (Wildman–Crippen MR) is 82.8 cm³/mol. The number of carbonyl (C=O) groups excluding carboxylic acids is 1. The van der Waals surface area contributed by atoms with E-state index in [-0.39, 0.29) is 29.7 Å². The molecule has 0 amide bonds. The number of fused-ring (bicyclic) bond motifs is 1. The number of hydrogen-bond acceptors (Lipinski definition) is 4. The standard InChI is InChI=1S/C17H22NO4.HI/c1-13-3-4-15-14(11-13)12-16(22-15)17(19)21-10-7-18(2)5-8-20-9-6-18;/h3-4,11-12H,5-10H2,1-2H3;1H/q+1;/p-1. The van der Waals surface area contributed by atoms with E-state index in [1.54, 1.807) is 6.07 Å². The number of carbonyl (C=O) groups is 1. The highest BCUT2D eigenvalue weighted by atomic mass is 127. The van der Waals surface area contributed by atoms with Crippen LogP contribution in [-0.4, -0.2) is 57.0 Å². The Morgan fingerprint density at radius 1 is 1.26 bits per heavy atom. The summed E-state index contributed by atoms with van der Waals surface area (Å²) in [6.45, 7) is 6.67. The molecule has 6 heteroatoms. The molecule has 0 bridgehead atoms. The van der Waals surface area contributed by atoms with Crippen molar-refractivity contribution in [2.75, 3.05) is 46.5 Å². The lowest BCUT2D eigenvalue weighted by molar-refractivity contribution is -0.917. The largest absolute Gasteiger partial charge is 1.00 e. The molecule has 0 N–H and O–H groups in total. The molecule has 1 aliphatic heterocycles. The Morgan fingerprint density at radius 3 is 2.74 bits per heavy atom. The van der Waals surface area contributed by atoms with Gasteiger partial charge in [-0.1, -0.05) is 11.6 Å². The van der Waals surface area contributed by atoms with Crippen molar-refractivity contribution in [1.82, 2.24) is 0 Å². The Kier molecular flexibility index (Phi) is 6.05. The second kappa shape index (κ2) is 7.63. The molecule has 1 saturated heterocycles. The predicted octanol–water partition coefficient (Wildman–Crippen LogP) is -0.621. The van der Waals surface area contributed by atoms with Gasteiger partial charge in [0.25, 0.3) is 0 Å². The molecule has 0 aliphatic carbocycles. The number of quaternary nitrogens is 1. The Bertz CT molecular complexity index is 676. The van der Waals surface area contributed by atoms with E-state index in [1.165, 1.54) is 0 Å². The highest BCUT2D eigenvalue weighted by Gasteiger charge is 2.25. The number of hydrogen-bond donors (Lipinski definition) is 0. The van der Waals surface area contributed by atoms with Crippen LogP contribution in [0.2, 0.25) is 0 Å². The molecule has 5 nitrogen and oxygen atoms in total. The van der Waals surface area contributed by atoms with Gasteiger partial charge in [-0.05, 0) is 25.1 Å². The van der Waals surface area contributed by atoms with E-state index < -0.39 is 5.97 Å². The van der Waals surface area contributed by atoms with Crippen molar-refractivity contribution >= 4 is 16.9 Å². The monoisotopic (exact) mass is 431 g/mol. The number of likely N-dealkylation sites (N-methyl/N-ethyl adjacent to an activating group) is 1. The van der Waals surface area contributed by atoms with Gasteiger partial charge in [-0.2, -0.15) is 0 Å². The van der Waals surface area contributed by atoms with Gasteiger partial charge in [0.2, 0.25) is 5.76 Å². The summed E-state index contributed by atoms with van der Waals surface area (Å²) in [6, 6.07) is 7.58. The van der Waals surface area contributed by atoms with Crippen LogP contribution in [-0.2, 0) is 9.47 Å². The molecule has 2 aromatic rings. The van der Waals surface area contributed by atoms with Crippen molar-refractivity contribution in [3.63, 3.8) is 0 Å². The van der Waals surface area contributed by atoms with Gasteiger partial charge < -0.3 is 42.4 Å². The molecule has 0 radical (unpaired) electrons. The summed E-state index contributed by atoms with van der Waals surface area (Å²) in [4.78, 5) is 12.1. The summed E-state index contributed by atoms with van der Waals surface area (Å²) in [5.41, 5.74) is 1.85. The second-order valence-corrected chi connectivity index (χ2v) is 6.19. The molecular weight excluding hydrogens is 409 g/mol. The van der Waals surface area contributed by atoms with Crippen LogP contribution in [0.25, 0.3) is 11.0 Å². The zero-order valence-corrected chi connectivity index (χ0v) is 15.7. The quantitative estimate of drug-likeness (QED) is 0.368. The van der Waals surface area contributed by atoms with Crippen LogP contribution in [0.3, 0.4) is 0 Å². The van der Waals surface area contributed by atoms with E-state index in [0.29, 0.717) is 12.2 Å². The van der Waals surface area contributed by atoms with Gasteiger partial charge in [-0.15, -0.1) is 0 Å². The Hall–Kier alpha value is -1.12. The zero-order valence-electron chi connectivity index (χ0n) is 13.5. The van der Waals surface area contributed by atoms with Crippen molar-refractivity contribution in [2.24, 2.45) is 0 Å². The van der Waals surface area contributed by atoms with Crippen molar-refractivity contribution in [3.05, 3.63) is 35.6 Å². The van der Waals surface area contributed by atoms with Gasteiger partial charge in [0.1, 0.15) is 31.8 Å². The van der Waals surface area contributed by atoms with E-state index in [2.05, 4.69) is 7.05 Å². The molecule has 0 atom stereocenters. The number of morpholine rings is 1. The Labute approximate surface area is 153 Å². The third-order valence-electron chi connectivity index (χ3n) is 4.29. The molecule has 2 heterocycles. The fourth-order valence-electron chi connectivity index (χ4n) is 2.70. The number of furan rings is 1. The molecule has 1 aliphatic rings. The fourth-order valence-corrected chi connectivity index (χ4v) is 2.70. The molecule has 1 aromatic carbocycles. The number of rotatable bonds is 4. The van der Waals surface area contributed by atoms with E-state index in [0.717, 1.165) is 48.3 Å². The molecule has 23 heavy (non-hydrogen) atoms. The summed E-state index contributed by atoms with van der Waals surface area (Å²) in [5, 5.41) is 0.930. The van der Waals surface area contributed by atoms with Crippen molar-refractivity contribution < 1.29 is 47.1 Å². The van der Waals surface area contributed by atoms with E-state index >= 15 is 0 Å². The van der Waals surface area contributed by atoms with Crippen LogP contribution in [0.4, 0.5) is 0 Å². The van der Waals surface area contributed by atoms with Crippen LogP contribution in [0.1, 0.15) is 16.1 Å². The first-order valence-electron chi connectivity index (χ1n) is 7.64. The Balaban J connectivity index is 0.00000192. The molecule has 0 saturated carbocycles. The van der Waals surface area contributed by atoms with Crippen LogP contribution in [0.15, 0.2) is 28.7 Å². The lowest BCUT2D eigenvalue weighted by atomic mass is 10.2. The van der Waals surface area contributed by atoms with Crippen molar-refractivity contribution in [3.8, 4) is 0 Å². The fraction of sp³-hybridized carbons (Fsp3) is 0.471. The number of esters is 1. The highest BCUT2D eigenvalue weighted by molar-refractivity contribution is 5.92. The lowest BCUT2D eigenvalue weighted by Crippen LogP contribution is -3.00. The normalized spacial score (nSPS) is 16.8. The summed E-state index contributed by atoms with van der Waals surface area (Å²) >= 11 is 0. The van der Waals surface area contributed by atoms with Gasteiger partial charge in [-0.3, -0.25) is 0 Å². The maximum Gasteiger partial charge on any atom is 0.374 e. The zero-order chi connectivity index (χ0) is 15.6. The number of halogens is 1.